The first-order valence-electron chi connectivity index (χ1n) is 3.64. The fourth-order valence-corrected chi connectivity index (χ4v) is 2.14. The molecule has 5 heteroatoms. The highest BCUT2D eigenvalue weighted by molar-refractivity contribution is 9.11. The number of aliphatic hydroxyl groups is 1. The Morgan fingerprint density at radius 1 is 1.83 bits per heavy atom. The molecule has 0 saturated heterocycles. The number of rotatable bonds is 3. The Hall–Kier alpha value is 0.0300. The van der Waals surface area contributed by atoms with Crippen molar-refractivity contribution in [2.24, 2.45) is 11.7 Å². The zero-order valence-electron chi connectivity index (χ0n) is 6.70. The molecule has 1 heterocycles. The summed E-state index contributed by atoms with van der Waals surface area (Å²) in [6, 6.07) is 0. The molecular formula is C7H11BrN2OS. The van der Waals surface area contributed by atoms with Crippen LogP contribution >= 0.6 is 27.3 Å². The zero-order valence-corrected chi connectivity index (χ0v) is 9.10. The Kier molecular flexibility index (Phi) is 3.64. The lowest BCUT2D eigenvalue weighted by Gasteiger charge is -2.13. The first kappa shape index (κ1) is 10.1. The average molecular weight is 251 g/mol. The Bertz CT molecular complexity index is 253. The Labute approximate surface area is 83.8 Å². The third kappa shape index (κ3) is 2.26. The van der Waals surface area contributed by atoms with Crippen LogP contribution in [0.2, 0.25) is 0 Å². The van der Waals surface area contributed by atoms with Crippen LogP contribution in [0.25, 0.3) is 0 Å². The molecule has 1 aromatic heterocycles. The highest BCUT2D eigenvalue weighted by Gasteiger charge is 2.17. The molecule has 2 unspecified atom stereocenters. The Morgan fingerprint density at radius 3 is 2.92 bits per heavy atom. The van der Waals surface area contributed by atoms with E-state index in [1.807, 2.05) is 6.92 Å². The summed E-state index contributed by atoms with van der Waals surface area (Å²) in [6.45, 7) is 2.37. The number of halogens is 1. The van der Waals surface area contributed by atoms with E-state index in [0.717, 1.165) is 8.79 Å². The van der Waals surface area contributed by atoms with E-state index >= 15 is 0 Å². The molecule has 12 heavy (non-hydrogen) atoms. The minimum atomic E-state index is -0.536. The van der Waals surface area contributed by atoms with Crippen LogP contribution in [0, 0.1) is 5.92 Å². The predicted octanol–water partition coefficient (Wildman–Crippen LogP) is 1.53. The molecule has 1 aromatic rings. The first-order valence-corrected chi connectivity index (χ1v) is 5.25. The number of aromatic nitrogens is 1. The summed E-state index contributed by atoms with van der Waals surface area (Å²) < 4.78 is 0.931. The van der Waals surface area contributed by atoms with Crippen LogP contribution in [-0.4, -0.2) is 16.6 Å². The number of aliphatic hydroxyl groups excluding tert-OH is 1. The van der Waals surface area contributed by atoms with Crippen molar-refractivity contribution in [2.75, 3.05) is 6.54 Å². The number of hydrogen-bond acceptors (Lipinski definition) is 4. The summed E-state index contributed by atoms with van der Waals surface area (Å²) in [4.78, 5) is 4.05. The lowest BCUT2D eigenvalue weighted by atomic mass is 10.1. The Balaban J connectivity index is 2.70. The van der Waals surface area contributed by atoms with E-state index in [-0.39, 0.29) is 5.92 Å². The SMILES string of the molecule is CC(CN)C(O)c1ncc(Br)s1. The predicted molar refractivity (Wildman–Crippen MR) is 53.0 cm³/mol. The molecule has 3 N–H and O–H groups in total. The van der Waals surface area contributed by atoms with Gasteiger partial charge in [0.1, 0.15) is 11.1 Å². The second kappa shape index (κ2) is 4.32. The van der Waals surface area contributed by atoms with Crippen molar-refractivity contribution in [3.8, 4) is 0 Å². The summed E-state index contributed by atoms with van der Waals surface area (Å²) in [5.41, 5.74) is 5.42. The number of nitrogens with zero attached hydrogens (tertiary/aromatic N) is 1. The van der Waals surface area contributed by atoms with E-state index < -0.39 is 6.10 Å². The topological polar surface area (TPSA) is 59.1 Å². The maximum Gasteiger partial charge on any atom is 0.123 e. The van der Waals surface area contributed by atoms with Gasteiger partial charge in [-0.1, -0.05) is 6.92 Å². The molecule has 0 bridgehead atoms. The lowest BCUT2D eigenvalue weighted by molar-refractivity contribution is 0.121. The molecule has 0 fully saturated rings. The maximum absolute atomic E-state index is 9.65. The Morgan fingerprint density at radius 2 is 2.50 bits per heavy atom. The van der Waals surface area contributed by atoms with Crippen molar-refractivity contribution < 1.29 is 5.11 Å². The molecule has 3 nitrogen and oxygen atoms in total. The second-order valence-corrected chi connectivity index (χ2v) is 5.10. The molecule has 0 aliphatic carbocycles. The third-order valence-electron chi connectivity index (χ3n) is 1.66. The van der Waals surface area contributed by atoms with Crippen LogP contribution in [0.15, 0.2) is 9.98 Å². The van der Waals surface area contributed by atoms with E-state index in [9.17, 15) is 5.11 Å². The molecule has 1 rings (SSSR count). The van der Waals surface area contributed by atoms with Crippen LogP contribution in [0.1, 0.15) is 18.0 Å². The summed E-state index contributed by atoms with van der Waals surface area (Å²) in [5, 5.41) is 10.4. The summed E-state index contributed by atoms with van der Waals surface area (Å²) >= 11 is 4.72. The van der Waals surface area contributed by atoms with Crippen LogP contribution in [0.4, 0.5) is 0 Å². The molecule has 0 saturated carbocycles. The van der Waals surface area contributed by atoms with Crippen molar-refractivity contribution in [2.45, 2.75) is 13.0 Å². The van der Waals surface area contributed by atoms with E-state index in [2.05, 4.69) is 20.9 Å². The average Bonchev–Trinajstić information content (AvgIpc) is 2.49. The molecule has 0 aliphatic rings. The summed E-state index contributed by atoms with van der Waals surface area (Å²) in [5.74, 6) is 0.0584. The van der Waals surface area contributed by atoms with Crippen LogP contribution in [0.3, 0.4) is 0 Å². The molecule has 0 radical (unpaired) electrons. The van der Waals surface area contributed by atoms with Gasteiger partial charge in [0.15, 0.2) is 0 Å². The van der Waals surface area contributed by atoms with Gasteiger partial charge in [0.2, 0.25) is 0 Å². The number of hydrogen-bond donors (Lipinski definition) is 2. The smallest absolute Gasteiger partial charge is 0.123 e. The molecule has 0 amide bonds. The second-order valence-electron chi connectivity index (χ2n) is 2.66. The van der Waals surface area contributed by atoms with Crippen molar-refractivity contribution in [3.63, 3.8) is 0 Å². The highest BCUT2D eigenvalue weighted by atomic mass is 79.9. The van der Waals surface area contributed by atoms with Gasteiger partial charge in [0, 0.05) is 5.92 Å². The van der Waals surface area contributed by atoms with Gasteiger partial charge in [-0.2, -0.15) is 0 Å². The molecular weight excluding hydrogens is 240 g/mol. The first-order chi connectivity index (χ1) is 5.65. The summed E-state index contributed by atoms with van der Waals surface area (Å²) in [6.07, 6.45) is 1.15. The maximum atomic E-state index is 9.65. The fraction of sp³-hybridized carbons (Fsp3) is 0.571. The minimum Gasteiger partial charge on any atom is -0.386 e. The molecule has 68 valence electrons. The van der Waals surface area contributed by atoms with E-state index in [4.69, 9.17) is 5.73 Å². The lowest BCUT2D eigenvalue weighted by Crippen LogP contribution is -2.18. The van der Waals surface area contributed by atoms with Gasteiger partial charge in [-0.25, -0.2) is 4.98 Å². The van der Waals surface area contributed by atoms with Gasteiger partial charge in [-0.15, -0.1) is 11.3 Å². The quantitative estimate of drug-likeness (QED) is 0.856. The van der Waals surface area contributed by atoms with Crippen molar-refractivity contribution in [1.29, 1.82) is 0 Å². The van der Waals surface area contributed by atoms with Crippen molar-refractivity contribution in [1.82, 2.24) is 4.98 Å². The monoisotopic (exact) mass is 250 g/mol. The fourth-order valence-electron chi connectivity index (χ4n) is 0.776. The largest absolute Gasteiger partial charge is 0.386 e. The van der Waals surface area contributed by atoms with Gasteiger partial charge < -0.3 is 10.8 Å². The van der Waals surface area contributed by atoms with Gasteiger partial charge in [0.25, 0.3) is 0 Å². The highest BCUT2D eigenvalue weighted by Crippen LogP contribution is 2.28. The number of thiazole rings is 1. The van der Waals surface area contributed by atoms with Crippen LogP contribution in [-0.2, 0) is 0 Å². The standard InChI is InChI=1S/C7H11BrN2OS/c1-4(2-9)6(11)7-10-3-5(8)12-7/h3-4,6,11H,2,9H2,1H3. The normalized spacial score (nSPS) is 16.0. The van der Waals surface area contributed by atoms with Crippen LogP contribution < -0.4 is 5.73 Å². The van der Waals surface area contributed by atoms with E-state index in [0.29, 0.717) is 6.54 Å². The minimum absolute atomic E-state index is 0.0584. The van der Waals surface area contributed by atoms with Gasteiger partial charge >= 0.3 is 0 Å². The van der Waals surface area contributed by atoms with Gasteiger partial charge in [-0.05, 0) is 22.5 Å². The van der Waals surface area contributed by atoms with Crippen molar-refractivity contribution >= 4 is 27.3 Å². The third-order valence-corrected chi connectivity index (χ3v) is 3.21. The van der Waals surface area contributed by atoms with Crippen molar-refractivity contribution in [3.05, 3.63) is 15.0 Å². The van der Waals surface area contributed by atoms with E-state index in [1.165, 1.54) is 11.3 Å². The molecule has 0 spiro atoms. The van der Waals surface area contributed by atoms with Gasteiger partial charge in [-0.3, -0.25) is 0 Å². The number of nitrogens with two attached hydrogens (primary N) is 1. The van der Waals surface area contributed by atoms with Crippen LogP contribution in [0.5, 0.6) is 0 Å². The zero-order chi connectivity index (χ0) is 9.14. The van der Waals surface area contributed by atoms with Gasteiger partial charge in [0.05, 0.1) is 9.98 Å². The molecule has 2 atom stereocenters. The molecule has 0 aliphatic heterocycles. The molecule has 0 aromatic carbocycles. The summed E-state index contributed by atoms with van der Waals surface area (Å²) in [7, 11) is 0. The van der Waals surface area contributed by atoms with E-state index in [1.54, 1.807) is 6.20 Å².